The van der Waals surface area contributed by atoms with Crippen LogP contribution in [0.3, 0.4) is 0 Å². The number of allylic oxidation sites excluding steroid dienone is 4. The second kappa shape index (κ2) is 84.0. The molecule has 144 valence electrons. The lowest BCUT2D eigenvalue weighted by Crippen LogP contribution is -1.57. The number of carbonyl (C=O) groups is 1. The van der Waals surface area contributed by atoms with Crippen LogP contribution in [0.4, 0.5) is 0 Å². The lowest BCUT2D eigenvalue weighted by Gasteiger charge is -1.77. The summed E-state index contributed by atoms with van der Waals surface area (Å²) in [5.41, 5.74) is 2.35. The molecule has 0 aliphatic rings. The fraction of sp³-hybridized carbons (Fsp3) is 0.500. The highest BCUT2D eigenvalue weighted by molar-refractivity contribution is 5.44. The van der Waals surface area contributed by atoms with Gasteiger partial charge in [-0.3, -0.25) is 0 Å². The number of hydrogen-bond acceptors (Lipinski definition) is 2. The fourth-order valence-electron chi connectivity index (χ4n) is 0.235. The molecule has 0 spiro atoms. The van der Waals surface area contributed by atoms with E-state index < -0.39 is 0 Å². The smallest absolute Gasteiger partial charge is 0.116 e. The van der Waals surface area contributed by atoms with Crippen LogP contribution >= 0.6 is 0 Å². The summed E-state index contributed by atoms with van der Waals surface area (Å²) in [5.74, 6) is 2.43. The Kier molecular flexibility index (Phi) is 151. The summed E-state index contributed by atoms with van der Waals surface area (Å²) < 4.78 is 0. The number of carbonyl (C=O) groups excluding carboxylic acids is 1. The number of aliphatic hydroxyl groups is 1. The van der Waals surface area contributed by atoms with Gasteiger partial charge in [-0.1, -0.05) is 51.8 Å². The molecule has 0 heterocycles. The highest BCUT2D eigenvalue weighted by Crippen LogP contribution is 1.86. The maximum Gasteiger partial charge on any atom is 0.116 e. The first kappa shape index (κ1) is 43.1. The Balaban J connectivity index is -0.0000000301. The molecule has 0 saturated carbocycles. The summed E-state index contributed by atoms with van der Waals surface area (Å²) in [6.45, 7) is 28.8. The second-order valence-corrected chi connectivity index (χ2v) is 3.59. The molecule has 0 unspecified atom stereocenters. The number of aliphatic hydroxyl groups excluding tert-OH is 1. The van der Waals surface area contributed by atoms with Crippen molar-refractivity contribution in [2.75, 3.05) is 0 Å². The molecule has 0 aromatic carbocycles. The molecule has 0 atom stereocenters. The first-order valence-electron chi connectivity index (χ1n) is 8.23. The average molecular weight is 341 g/mol. The maximum absolute atomic E-state index is 8.81. The largest absolute Gasteiger partial charge is 0.516 e. The van der Waals surface area contributed by atoms with Crippen LogP contribution in [0.15, 0.2) is 49.3 Å². The third kappa shape index (κ3) is 806. The summed E-state index contributed by atoms with van der Waals surface area (Å²) in [6.07, 6.45) is 10.8. The summed E-state index contributed by atoms with van der Waals surface area (Å²) in [7, 11) is 0. The Morgan fingerprint density at radius 2 is 1.29 bits per heavy atom. The molecule has 0 aliphatic heterocycles. The molecule has 0 radical (unpaired) electrons. The zero-order chi connectivity index (χ0) is 21.4. The highest BCUT2D eigenvalue weighted by atomic mass is 16.2. The minimum atomic E-state index is 0.750. The van der Waals surface area contributed by atoms with E-state index in [1.807, 2.05) is 68.4 Å². The highest BCUT2D eigenvalue weighted by Gasteiger charge is 1.66. The number of aldehydes is 1. The number of hydrogen-bond donors (Lipinski definition) is 1. The molecule has 0 amide bonds. The lowest BCUT2D eigenvalue weighted by atomic mass is 10.3. The molecule has 0 rings (SSSR count). The van der Waals surface area contributed by atoms with Gasteiger partial charge in [0.15, 0.2) is 0 Å². The molecule has 0 aromatic heterocycles. The molecule has 2 nitrogen and oxygen atoms in total. The van der Waals surface area contributed by atoms with Crippen LogP contribution in [0.25, 0.3) is 0 Å². The minimum absolute atomic E-state index is 0.750. The van der Waals surface area contributed by atoms with Crippen molar-refractivity contribution in [2.24, 2.45) is 0 Å². The standard InChI is InChI=1S/C6H10O.C4H8.C4H6.C2H4O.2C2H6.C2H4/c1-6(2)4-3-5-7;1-4(2)3;1-3-4-2;1-2-3;3*1-2/h3-5,7H,1-2H3;1H2,2-3H3;1H,4H2,2H3;2H,1H3;2*1-2H3;1-2H2/b5-3+;;;;;;. The normalized spacial score (nSPS) is 5.88. The van der Waals surface area contributed by atoms with Crippen LogP contribution in [-0.2, 0) is 4.79 Å². The fourth-order valence-corrected chi connectivity index (χ4v) is 0.235. The van der Waals surface area contributed by atoms with Gasteiger partial charge in [-0.25, -0.2) is 0 Å². The third-order valence-electron chi connectivity index (χ3n) is 0.720. The summed E-state index contributed by atoms with van der Waals surface area (Å²) in [5, 5.41) is 8.09. The van der Waals surface area contributed by atoms with E-state index in [4.69, 9.17) is 16.3 Å². The molecule has 2 heteroatoms. The van der Waals surface area contributed by atoms with Crippen molar-refractivity contribution >= 4 is 6.29 Å². The van der Waals surface area contributed by atoms with Gasteiger partial charge < -0.3 is 9.90 Å². The van der Waals surface area contributed by atoms with Crippen molar-refractivity contribution < 1.29 is 9.90 Å². The van der Waals surface area contributed by atoms with Gasteiger partial charge in [0.2, 0.25) is 0 Å². The van der Waals surface area contributed by atoms with E-state index in [2.05, 4.69) is 25.7 Å². The Morgan fingerprint density at radius 3 is 1.33 bits per heavy atom. The first-order valence-corrected chi connectivity index (χ1v) is 8.23. The van der Waals surface area contributed by atoms with Gasteiger partial charge in [-0.05, 0) is 40.7 Å². The Morgan fingerprint density at radius 1 is 1.08 bits per heavy atom. The molecule has 0 bridgehead atoms. The number of rotatable bonds is 1. The van der Waals surface area contributed by atoms with E-state index in [1.165, 1.54) is 18.1 Å². The topological polar surface area (TPSA) is 37.3 Å². The van der Waals surface area contributed by atoms with Crippen molar-refractivity contribution in [3.05, 3.63) is 49.3 Å². The summed E-state index contributed by atoms with van der Waals surface area (Å²) >= 11 is 0. The Labute approximate surface area is 154 Å². The SMILES string of the molecule is C#CCC.C=C.C=C(C)C.CC.CC.CC(C)=C/C=C/O.CC=O. The Bertz CT molecular complexity index is 271. The second-order valence-electron chi connectivity index (χ2n) is 3.59. The van der Waals surface area contributed by atoms with E-state index in [0.29, 0.717) is 0 Å². The van der Waals surface area contributed by atoms with Crippen LogP contribution in [-0.4, -0.2) is 11.4 Å². The number of terminal acetylenes is 1. The molecule has 24 heavy (non-hydrogen) atoms. The van der Waals surface area contributed by atoms with Gasteiger partial charge in [-0.2, -0.15) is 0 Å². The molecule has 1 N–H and O–H groups in total. The van der Waals surface area contributed by atoms with Crippen LogP contribution in [0.1, 0.15) is 75.7 Å². The van der Waals surface area contributed by atoms with Gasteiger partial charge in [0, 0.05) is 6.42 Å². The van der Waals surface area contributed by atoms with Gasteiger partial charge >= 0.3 is 0 Å². The monoisotopic (exact) mass is 340 g/mol. The van der Waals surface area contributed by atoms with E-state index in [1.54, 1.807) is 6.08 Å². The van der Waals surface area contributed by atoms with E-state index in [9.17, 15) is 0 Å². The van der Waals surface area contributed by atoms with Gasteiger partial charge in [0.05, 0.1) is 6.26 Å². The Hall–Kier alpha value is -2.01. The van der Waals surface area contributed by atoms with E-state index in [0.717, 1.165) is 19.0 Å². The van der Waals surface area contributed by atoms with Crippen LogP contribution in [0.2, 0.25) is 0 Å². The van der Waals surface area contributed by atoms with Crippen molar-refractivity contribution in [3.8, 4) is 12.3 Å². The lowest BCUT2D eigenvalue weighted by molar-refractivity contribution is -0.106. The van der Waals surface area contributed by atoms with E-state index in [-0.39, 0.29) is 0 Å². The average Bonchev–Trinajstić information content (AvgIpc) is 2.59. The molecule has 0 fully saturated rings. The molecule has 0 aliphatic carbocycles. The molecular weight excluding hydrogens is 296 g/mol. The van der Waals surface area contributed by atoms with Crippen LogP contribution in [0, 0.1) is 12.3 Å². The predicted octanol–water partition coefficient (Wildman–Crippen LogP) is 7.70. The van der Waals surface area contributed by atoms with Crippen LogP contribution in [0.5, 0.6) is 0 Å². The molecule has 0 saturated heterocycles. The molecule has 0 aromatic rings. The third-order valence-corrected chi connectivity index (χ3v) is 0.720. The van der Waals surface area contributed by atoms with Gasteiger partial charge in [0.25, 0.3) is 0 Å². The molecular formula is C22H44O2. The van der Waals surface area contributed by atoms with Crippen molar-refractivity contribution in [1.29, 1.82) is 0 Å². The van der Waals surface area contributed by atoms with Crippen molar-refractivity contribution in [3.63, 3.8) is 0 Å². The van der Waals surface area contributed by atoms with Gasteiger partial charge in [0.1, 0.15) is 6.29 Å². The van der Waals surface area contributed by atoms with Gasteiger partial charge in [-0.15, -0.1) is 32.1 Å². The summed E-state index contributed by atoms with van der Waals surface area (Å²) in [6, 6.07) is 0. The quantitative estimate of drug-likeness (QED) is 0.174. The first-order chi connectivity index (χ1) is 11.3. The van der Waals surface area contributed by atoms with Crippen molar-refractivity contribution in [2.45, 2.75) is 75.7 Å². The van der Waals surface area contributed by atoms with E-state index >= 15 is 0 Å². The van der Waals surface area contributed by atoms with Crippen molar-refractivity contribution in [1.82, 2.24) is 0 Å². The minimum Gasteiger partial charge on any atom is -0.516 e. The maximum atomic E-state index is 8.81. The van der Waals surface area contributed by atoms with Crippen LogP contribution < -0.4 is 0 Å². The zero-order valence-electron chi connectivity index (χ0n) is 18.1. The predicted molar refractivity (Wildman–Crippen MR) is 116 cm³/mol. The zero-order valence-corrected chi connectivity index (χ0v) is 18.1. The summed E-state index contributed by atoms with van der Waals surface area (Å²) in [4.78, 5) is 8.81.